The molecule has 0 amide bonds. The quantitative estimate of drug-likeness (QED) is 0.507. The Kier molecular flexibility index (Phi) is 2.90. The predicted molar refractivity (Wildman–Crippen MR) is 34.7 cm³/mol. The maximum absolute atomic E-state index is 10.3. The lowest BCUT2D eigenvalue weighted by Crippen LogP contribution is -2.34. The minimum atomic E-state index is -2.63. The van der Waals surface area contributed by atoms with Crippen molar-refractivity contribution in [2.45, 2.75) is 18.6 Å². The average molecular weight is 166 g/mol. The van der Waals surface area contributed by atoms with Gasteiger partial charge in [0.15, 0.2) is 0 Å². The number of rotatable bonds is 3. The lowest BCUT2D eigenvalue weighted by atomic mass is 10.2. The summed E-state index contributed by atoms with van der Waals surface area (Å²) >= 11 is 0. The van der Waals surface area contributed by atoms with E-state index in [1.807, 2.05) is 0 Å². The normalized spacial score (nSPS) is 17.7. The number of aliphatic carboxylic acids is 1. The highest BCUT2D eigenvalue weighted by Gasteiger charge is 2.42. The van der Waals surface area contributed by atoms with Crippen molar-refractivity contribution in [1.29, 1.82) is 0 Å². The number of carbonyl (C=O) groups is 1. The molecule has 0 saturated carbocycles. The van der Waals surface area contributed by atoms with Gasteiger partial charge in [-0.2, -0.15) is 4.89 Å². The van der Waals surface area contributed by atoms with E-state index in [1.165, 1.54) is 6.92 Å². The van der Waals surface area contributed by atoms with Gasteiger partial charge in [0.25, 0.3) is 5.28 Å². The van der Waals surface area contributed by atoms with Crippen LogP contribution >= 0.6 is 8.03 Å². The van der Waals surface area contributed by atoms with Crippen molar-refractivity contribution in [3.63, 3.8) is 0 Å². The molecule has 0 rings (SSSR count). The Labute approximate surface area is 58.7 Å². The molecular weight excluding hydrogens is 157 g/mol. The van der Waals surface area contributed by atoms with Gasteiger partial charge in [0.05, 0.1) is 0 Å². The van der Waals surface area contributed by atoms with E-state index < -0.39 is 25.7 Å². The first-order valence-electron chi connectivity index (χ1n) is 2.53. The van der Waals surface area contributed by atoms with Gasteiger partial charge in [0.2, 0.25) is 0 Å². The summed E-state index contributed by atoms with van der Waals surface area (Å²) in [6.07, 6.45) is -0.501. The van der Waals surface area contributed by atoms with Crippen LogP contribution < -0.4 is 5.73 Å². The molecule has 0 saturated heterocycles. The maximum Gasteiger partial charge on any atom is 0.527 e. The molecule has 0 aromatic heterocycles. The van der Waals surface area contributed by atoms with E-state index in [9.17, 15) is 9.36 Å². The van der Waals surface area contributed by atoms with E-state index in [4.69, 9.17) is 15.7 Å². The SMILES string of the molecule is CC(N)(CC(=O)O)[P+](=O)O. The molecule has 0 aliphatic rings. The Morgan fingerprint density at radius 1 is 1.80 bits per heavy atom. The highest BCUT2D eigenvalue weighted by atomic mass is 31.1. The monoisotopic (exact) mass is 166 g/mol. The minimum absolute atomic E-state index is 0.501. The summed E-state index contributed by atoms with van der Waals surface area (Å²) in [6, 6.07) is 0. The highest BCUT2D eigenvalue weighted by molar-refractivity contribution is 7.39. The first kappa shape index (κ1) is 9.49. The first-order chi connectivity index (χ1) is 4.36. The summed E-state index contributed by atoms with van der Waals surface area (Å²) in [6.45, 7) is 1.22. The molecule has 0 heterocycles. The molecule has 10 heavy (non-hydrogen) atoms. The molecule has 0 aromatic rings. The van der Waals surface area contributed by atoms with Gasteiger partial charge in [0, 0.05) is 6.92 Å². The van der Waals surface area contributed by atoms with Gasteiger partial charge < -0.3 is 5.11 Å². The fourth-order valence-corrected chi connectivity index (χ4v) is 0.644. The van der Waals surface area contributed by atoms with Crippen molar-refractivity contribution >= 4 is 14.0 Å². The topological polar surface area (TPSA) is 101 Å². The standard InChI is InChI=1S/C4H8NO4P/c1-4(5,10(8)9)2-3(6)7/h2,5H2,1H3,(H-,6,7,8,9)/p+1. The van der Waals surface area contributed by atoms with Crippen LogP contribution in [0.5, 0.6) is 0 Å². The van der Waals surface area contributed by atoms with E-state index in [1.54, 1.807) is 0 Å². The summed E-state index contributed by atoms with van der Waals surface area (Å²) in [7, 11) is -2.63. The van der Waals surface area contributed by atoms with Crippen molar-refractivity contribution in [3.05, 3.63) is 0 Å². The molecular formula is C4H9NO4P+. The largest absolute Gasteiger partial charge is 0.527 e. The summed E-state index contributed by atoms with van der Waals surface area (Å²) in [5, 5.41) is 6.67. The first-order valence-corrected chi connectivity index (χ1v) is 3.74. The molecule has 0 aromatic carbocycles. The van der Waals surface area contributed by atoms with Crippen LogP contribution in [0.15, 0.2) is 0 Å². The van der Waals surface area contributed by atoms with Crippen LogP contribution in [0.2, 0.25) is 0 Å². The fraction of sp³-hybridized carbons (Fsp3) is 0.750. The second-order valence-corrected chi connectivity index (χ2v) is 3.77. The van der Waals surface area contributed by atoms with Crippen LogP contribution in [-0.2, 0) is 9.36 Å². The molecule has 2 unspecified atom stereocenters. The number of carboxylic acid groups (broad SMARTS) is 1. The number of hydrogen-bond acceptors (Lipinski definition) is 3. The van der Waals surface area contributed by atoms with E-state index in [2.05, 4.69) is 0 Å². The van der Waals surface area contributed by atoms with E-state index >= 15 is 0 Å². The number of carboxylic acids is 1. The van der Waals surface area contributed by atoms with Crippen molar-refractivity contribution in [1.82, 2.24) is 0 Å². The Bertz CT molecular complexity index is 167. The number of hydrogen-bond donors (Lipinski definition) is 3. The van der Waals surface area contributed by atoms with Crippen LogP contribution in [0.1, 0.15) is 13.3 Å². The van der Waals surface area contributed by atoms with Crippen LogP contribution in [0, 0.1) is 0 Å². The Balaban J connectivity index is 4.13. The molecule has 0 aliphatic heterocycles. The molecule has 2 atom stereocenters. The third-order valence-electron chi connectivity index (χ3n) is 0.946. The van der Waals surface area contributed by atoms with Crippen molar-refractivity contribution in [2.24, 2.45) is 5.73 Å². The lowest BCUT2D eigenvalue weighted by Gasteiger charge is -2.04. The van der Waals surface area contributed by atoms with Crippen LogP contribution in [0.25, 0.3) is 0 Å². The molecule has 0 aliphatic carbocycles. The fourth-order valence-electron chi connectivity index (χ4n) is 0.374. The van der Waals surface area contributed by atoms with Gasteiger partial charge in [-0.05, 0) is 4.57 Å². The minimum Gasteiger partial charge on any atom is -0.481 e. The van der Waals surface area contributed by atoms with Gasteiger partial charge in [-0.25, -0.2) is 0 Å². The zero-order chi connectivity index (χ0) is 8.36. The summed E-state index contributed by atoms with van der Waals surface area (Å²) in [4.78, 5) is 18.4. The molecule has 0 fully saturated rings. The molecule has 58 valence electrons. The number of nitrogens with two attached hydrogens (primary N) is 1. The van der Waals surface area contributed by atoms with Gasteiger partial charge in [-0.3, -0.25) is 10.5 Å². The lowest BCUT2D eigenvalue weighted by molar-refractivity contribution is -0.137. The van der Waals surface area contributed by atoms with Crippen LogP contribution in [-0.4, -0.2) is 21.2 Å². The second-order valence-electron chi connectivity index (χ2n) is 2.20. The molecule has 0 radical (unpaired) electrons. The zero-order valence-electron chi connectivity index (χ0n) is 5.44. The van der Waals surface area contributed by atoms with E-state index in [0.29, 0.717) is 0 Å². The summed E-state index contributed by atoms with van der Waals surface area (Å²) < 4.78 is 10.3. The van der Waals surface area contributed by atoms with Crippen LogP contribution in [0.4, 0.5) is 0 Å². The van der Waals surface area contributed by atoms with Crippen molar-refractivity contribution in [2.75, 3.05) is 0 Å². The maximum atomic E-state index is 10.3. The smallest absolute Gasteiger partial charge is 0.481 e. The molecule has 6 heteroatoms. The molecule has 5 nitrogen and oxygen atoms in total. The Morgan fingerprint density at radius 3 is 2.30 bits per heavy atom. The summed E-state index contributed by atoms with van der Waals surface area (Å²) in [5.74, 6) is -1.18. The van der Waals surface area contributed by atoms with Gasteiger partial charge in [-0.1, -0.05) is 0 Å². The molecule has 4 N–H and O–H groups in total. The van der Waals surface area contributed by atoms with Gasteiger partial charge in [-0.15, -0.1) is 0 Å². The van der Waals surface area contributed by atoms with Crippen LogP contribution in [0.3, 0.4) is 0 Å². The molecule has 0 spiro atoms. The Morgan fingerprint density at radius 2 is 2.20 bits per heavy atom. The highest BCUT2D eigenvalue weighted by Crippen LogP contribution is 2.32. The van der Waals surface area contributed by atoms with Gasteiger partial charge in [0.1, 0.15) is 6.42 Å². The third-order valence-corrected chi connectivity index (χ3v) is 1.98. The average Bonchev–Trinajstić information content (AvgIpc) is 1.60. The zero-order valence-corrected chi connectivity index (χ0v) is 6.34. The van der Waals surface area contributed by atoms with E-state index in [0.717, 1.165) is 0 Å². The van der Waals surface area contributed by atoms with Gasteiger partial charge >= 0.3 is 14.0 Å². The van der Waals surface area contributed by atoms with Crippen molar-refractivity contribution < 1.29 is 19.4 Å². The second kappa shape index (κ2) is 3.05. The van der Waals surface area contributed by atoms with E-state index in [-0.39, 0.29) is 0 Å². The Hall–Kier alpha value is -0.510. The molecule has 0 bridgehead atoms. The third kappa shape index (κ3) is 2.87. The summed E-state index contributed by atoms with van der Waals surface area (Å²) in [5.41, 5.74) is 5.15. The van der Waals surface area contributed by atoms with Crippen molar-refractivity contribution in [3.8, 4) is 0 Å². The predicted octanol–water partition coefficient (Wildman–Crippen LogP) is -0.129.